The molecule has 3 saturated carbocycles. The molecule has 3 rings (SSSR count). The number of hydrogen-bond acceptors (Lipinski definition) is 4. The molecule has 3 aliphatic carbocycles. The van der Waals surface area contributed by atoms with E-state index < -0.39 is 13.5 Å². The zero-order valence-electron chi connectivity index (χ0n) is 13.6. The van der Waals surface area contributed by atoms with Crippen LogP contribution in [-0.2, 0) is 9.31 Å². The van der Waals surface area contributed by atoms with Crippen molar-refractivity contribution in [2.45, 2.75) is 72.1 Å². The van der Waals surface area contributed by atoms with Gasteiger partial charge in [0.05, 0.1) is 11.8 Å². The Kier molecular flexibility index (Phi) is 4.56. The van der Waals surface area contributed by atoms with Crippen molar-refractivity contribution in [3.05, 3.63) is 0 Å². The second-order valence-electron chi connectivity index (χ2n) is 7.72. The average molecular weight is 283 g/mol. The molecule has 2 bridgehead atoms. The molecule has 0 radical (unpaired) electrons. The predicted octanol–water partition coefficient (Wildman–Crippen LogP) is 2.54. The summed E-state index contributed by atoms with van der Waals surface area (Å²) in [7, 11) is -1.22. The van der Waals surface area contributed by atoms with Crippen LogP contribution in [0.1, 0.15) is 60.3 Å². The van der Waals surface area contributed by atoms with Crippen LogP contribution in [0, 0.1) is 23.2 Å². The summed E-state index contributed by atoms with van der Waals surface area (Å²) < 4.78 is 11.4. The van der Waals surface area contributed by atoms with Crippen LogP contribution >= 0.6 is 0 Å². The fourth-order valence-electron chi connectivity index (χ4n) is 4.28. The standard InChI is InChI=1S/C15H30BNO3/c1-10(2)8-13(17)19-16(18)20-15-9-12(14(15,4)5)7-6-11(15)3/h10-13,18H,6-9,17H2,1-5H3/t11?,12?,13-,15?/m1/s1. The third kappa shape index (κ3) is 2.65. The maximum atomic E-state index is 10.1. The molecule has 0 aromatic rings. The minimum Gasteiger partial charge on any atom is -0.402 e. The van der Waals surface area contributed by atoms with Crippen molar-refractivity contribution in [2.24, 2.45) is 28.9 Å². The first-order valence-electron chi connectivity index (χ1n) is 7.96. The van der Waals surface area contributed by atoms with Crippen molar-refractivity contribution in [3.63, 3.8) is 0 Å². The van der Waals surface area contributed by atoms with Gasteiger partial charge in [0.25, 0.3) is 0 Å². The first-order valence-corrected chi connectivity index (χ1v) is 7.96. The zero-order valence-corrected chi connectivity index (χ0v) is 13.6. The first-order chi connectivity index (χ1) is 9.19. The summed E-state index contributed by atoms with van der Waals surface area (Å²) in [5, 5.41) is 10.1. The van der Waals surface area contributed by atoms with Crippen LogP contribution < -0.4 is 5.73 Å². The monoisotopic (exact) mass is 283 g/mol. The molecule has 5 heteroatoms. The molecule has 3 fully saturated rings. The fourth-order valence-corrected chi connectivity index (χ4v) is 4.28. The summed E-state index contributed by atoms with van der Waals surface area (Å²) in [6.07, 6.45) is 3.71. The lowest BCUT2D eigenvalue weighted by atomic mass is 9.42. The van der Waals surface area contributed by atoms with E-state index >= 15 is 0 Å². The molecule has 0 aliphatic heterocycles. The highest BCUT2D eigenvalue weighted by molar-refractivity contribution is 6.34. The van der Waals surface area contributed by atoms with Crippen molar-refractivity contribution in [1.82, 2.24) is 0 Å². The van der Waals surface area contributed by atoms with Gasteiger partial charge in [-0.2, -0.15) is 0 Å². The van der Waals surface area contributed by atoms with Gasteiger partial charge < -0.3 is 20.1 Å². The molecule has 20 heavy (non-hydrogen) atoms. The molecule has 116 valence electrons. The molecule has 0 aromatic carbocycles. The van der Waals surface area contributed by atoms with Gasteiger partial charge in [0.1, 0.15) is 0 Å². The molecular weight excluding hydrogens is 253 g/mol. The molecular formula is C15H30BNO3. The summed E-state index contributed by atoms with van der Waals surface area (Å²) in [5.41, 5.74) is 5.73. The zero-order chi connectivity index (χ0) is 15.1. The summed E-state index contributed by atoms with van der Waals surface area (Å²) >= 11 is 0. The predicted molar refractivity (Wildman–Crippen MR) is 80.6 cm³/mol. The molecule has 0 spiro atoms. The Morgan fingerprint density at radius 1 is 1.35 bits per heavy atom. The smallest absolute Gasteiger partial charge is 0.402 e. The SMILES string of the molecule is CC(C)C[C@H](N)OB(O)OC12CC(CCC1C)C2(C)C. The number of fused-ring (bicyclic) bond motifs is 2. The lowest BCUT2D eigenvalue weighted by Crippen LogP contribution is -2.70. The normalized spacial score (nSPS) is 36.6. The van der Waals surface area contributed by atoms with Gasteiger partial charge in [-0.15, -0.1) is 0 Å². The van der Waals surface area contributed by atoms with Crippen LogP contribution in [0.2, 0.25) is 0 Å². The van der Waals surface area contributed by atoms with Gasteiger partial charge >= 0.3 is 7.32 Å². The highest BCUT2D eigenvalue weighted by Gasteiger charge is 2.66. The van der Waals surface area contributed by atoms with E-state index in [4.69, 9.17) is 15.0 Å². The van der Waals surface area contributed by atoms with E-state index in [0.29, 0.717) is 17.8 Å². The molecule has 3 unspecified atom stereocenters. The first kappa shape index (κ1) is 16.3. The minimum absolute atomic E-state index is 0.108. The second kappa shape index (κ2) is 5.60. The third-order valence-electron chi connectivity index (χ3n) is 5.71. The Balaban J connectivity index is 1.94. The van der Waals surface area contributed by atoms with E-state index in [1.165, 1.54) is 12.8 Å². The van der Waals surface area contributed by atoms with Crippen LogP contribution in [-0.4, -0.2) is 24.2 Å². The highest BCUT2D eigenvalue weighted by Crippen LogP contribution is 2.65. The summed E-state index contributed by atoms with van der Waals surface area (Å²) in [6.45, 7) is 10.9. The van der Waals surface area contributed by atoms with E-state index in [2.05, 4.69) is 34.6 Å². The summed E-state index contributed by atoms with van der Waals surface area (Å²) in [4.78, 5) is 0. The molecule has 4 nitrogen and oxygen atoms in total. The van der Waals surface area contributed by atoms with Crippen LogP contribution in [0.25, 0.3) is 0 Å². The lowest BCUT2D eigenvalue weighted by molar-refractivity contribution is -0.250. The van der Waals surface area contributed by atoms with Gasteiger partial charge in [0.2, 0.25) is 0 Å². The number of nitrogens with two attached hydrogens (primary N) is 1. The van der Waals surface area contributed by atoms with Crippen molar-refractivity contribution in [2.75, 3.05) is 0 Å². The Morgan fingerprint density at radius 2 is 2.00 bits per heavy atom. The molecule has 0 heterocycles. The van der Waals surface area contributed by atoms with E-state index in [0.717, 1.165) is 12.8 Å². The molecule has 3 aliphatic rings. The highest BCUT2D eigenvalue weighted by atomic mass is 16.7. The van der Waals surface area contributed by atoms with E-state index in [-0.39, 0.29) is 11.0 Å². The maximum absolute atomic E-state index is 10.1. The second-order valence-corrected chi connectivity index (χ2v) is 7.72. The van der Waals surface area contributed by atoms with Gasteiger partial charge in [-0.25, -0.2) is 0 Å². The van der Waals surface area contributed by atoms with Crippen molar-refractivity contribution < 1.29 is 14.3 Å². The largest absolute Gasteiger partial charge is 0.638 e. The Hall–Kier alpha value is -0.0951. The van der Waals surface area contributed by atoms with Crippen LogP contribution in [0.15, 0.2) is 0 Å². The van der Waals surface area contributed by atoms with Gasteiger partial charge in [-0.1, -0.05) is 34.6 Å². The van der Waals surface area contributed by atoms with E-state index in [1.807, 2.05) is 0 Å². The fraction of sp³-hybridized carbons (Fsp3) is 1.00. The van der Waals surface area contributed by atoms with E-state index in [9.17, 15) is 5.02 Å². The number of rotatable bonds is 6. The topological polar surface area (TPSA) is 64.7 Å². The average Bonchev–Trinajstić information content (AvgIpc) is 2.29. The molecule has 3 N–H and O–H groups in total. The van der Waals surface area contributed by atoms with Gasteiger partial charge in [-0.3, -0.25) is 0 Å². The van der Waals surface area contributed by atoms with Gasteiger partial charge in [-0.05, 0) is 48.9 Å². The van der Waals surface area contributed by atoms with Gasteiger partial charge in [0.15, 0.2) is 0 Å². The maximum Gasteiger partial charge on any atom is 0.638 e. The van der Waals surface area contributed by atoms with Crippen molar-refractivity contribution in [1.29, 1.82) is 0 Å². The summed E-state index contributed by atoms with van der Waals surface area (Å²) in [5.74, 6) is 1.59. The van der Waals surface area contributed by atoms with Gasteiger partial charge in [0, 0.05) is 0 Å². The Morgan fingerprint density at radius 3 is 2.50 bits per heavy atom. The molecule has 4 atom stereocenters. The van der Waals surface area contributed by atoms with Crippen LogP contribution in [0.4, 0.5) is 0 Å². The van der Waals surface area contributed by atoms with E-state index in [1.54, 1.807) is 0 Å². The quantitative estimate of drug-likeness (QED) is 0.581. The minimum atomic E-state index is -1.22. The summed E-state index contributed by atoms with van der Waals surface area (Å²) in [6, 6.07) is 0. The van der Waals surface area contributed by atoms with Crippen LogP contribution in [0.3, 0.4) is 0 Å². The van der Waals surface area contributed by atoms with Crippen molar-refractivity contribution in [3.8, 4) is 0 Å². The Bertz CT molecular complexity index is 350. The lowest BCUT2D eigenvalue weighted by Gasteiger charge is -2.68. The van der Waals surface area contributed by atoms with Crippen LogP contribution in [0.5, 0.6) is 0 Å². The molecule has 0 aromatic heterocycles. The number of hydrogen-bond donors (Lipinski definition) is 2. The Labute approximate surface area is 123 Å². The molecule has 0 amide bonds. The van der Waals surface area contributed by atoms with Crippen molar-refractivity contribution >= 4 is 7.32 Å². The third-order valence-corrected chi connectivity index (χ3v) is 5.71. The molecule has 0 saturated heterocycles.